The molecule has 8 heteroatoms. The Balaban J connectivity index is 1.70. The molecular weight excluding hydrogens is 368 g/mol. The number of likely N-dealkylation sites (tertiary alicyclic amines) is 1. The van der Waals surface area contributed by atoms with E-state index >= 15 is 0 Å². The Morgan fingerprint density at radius 3 is 2.59 bits per heavy atom. The first-order chi connectivity index (χ1) is 12.9. The summed E-state index contributed by atoms with van der Waals surface area (Å²) in [6.07, 6.45) is 5.13. The average molecular weight is 401 g/mol. The number of carboxylic acids is 1. The third-order valence-corrected chi connectivity index (χ3v) is 6.70. The number of hydrogen-bond acceptors (Lipinski definition) is 6. The smallest absolute Gasteiger partial charge is 0.332 e. The van der Waals surface area contributed by atoms with E-state index in [0.717, 1.165) is 25.3 Å². The lowest BCUT2D eigenvalue weighted by molar-refractivity contribution is -0.148. The van der Waals surface area contributed by atoms with Crippen molar-refractivity contribution in [1.82, 2.24) is 10.2 Å². The molecule has 0 aromatic heterocycles. The number of carbonyl (C=O) groups excluding carboxylic acids is 2. The van der Waals surface area contributed by atoms with Gasteiger partial charge >= 0.3 is 5.97 Å². The number of nitrogens with one attached hydrogen (secondary N) is 1. The number of carbonyl (C=O) groups is 3. The lowest BCUT2D eigenvalue weighted by Crippen LogP contribution is -2.37. The molecule has 27 heavy (non-hydrogen) atoms. The second kappa shape index (κ2) is 11.0. The van der Waals surface area contributed by atoms with Crippen LogP contribution < -0.4 is 5.32 Å². The van der Waals surface area contributed by atoms with Gasteiger partial charge in [-0.15, -0.1) is 11.8 Å². The minimum atomic E-state index is -1.00. The van der Waals surface area contributed by atoms with Gasteiger partial charge in [0, 0.05) is 18.7 Å². The standard InChI is InChI=1S/C19H32N2O5S/c1-13(19(24)25)26-9-10-27-16-11-17(22)21(18(16)23)12-15-5-3-14(4-6-15)7-8-20-2/h13-16,20H,3-12H2,1-2H3,(H,24,25)/t13-,14?,15?,16?/m0/s1. The van der Waals surface area contributed by atoms with Crippen LogP contribution in [0.25, 0.3) is 0 Å². The first-order valence-corrected chi connectivity index (χ1v) is 10.9. The van der Waals surface area contributed by atoms with Crippen molar-refractivity contribution in [3.05, 3.63) is 0 Å². The van der Waals surface area contributed by atoms with E-state index in [4.69, 9.17) is 9.84 Å². The first-order valence-electron chi connectivity index (χ1n) is 9.87. The highest BCUT2D eigenvalue weighted by molar-refractivity contribution is 8.00. The van der Waals surface area contributed by atoms with Gasteiger partial charge in [0.15, 0.2) is 6.10 Å². The van der Waals surface area contributed by atoms with E-state index < -0.39 is 12.1 Å². The average Bonchev–Trinajstić information content (AvgIpc) is 2.92. The fraction of sp³-hybridized carbons (Fsp3) is 0.842. The molecule has 0 radical (unpaired) electrons. The fourth-order valence-electron chi connectivity index (χ4n) is 3.77. The van der Waals surface area contributed by atoms with Crippen LogP contribution in [0.15, 0.2) is 0 Å². The van der Waals surface area contributed by atoms with Crippen LogP contribution in [0.5, 0.6) is 0 Å². The van der Waals surface area contributed by atoms with Crippen LogP contribution in [0.2, 0.25) is 0 Å². The molecule has 2 amide bonds. The second-order valence-electron chi connectivity index (χ2n) is 7.54. The Labute approximate surface area is 165 Å². The summed E-state index contributed by atoms with van der Waals surface area (Å²) in [5, 5.41) is 11.6. The third-order valence-electron chi connectivity index (χ3n) is 5.53. The molecule has 2 N–H and O–H groups in total. The van der Waals surface area contributed by atoms with Gasteiger partial charge in [-0.2, -0.15) is 0 Å². The molecular formula is C19H32N2O5S. The summed E-state index contributed by atoms with van der Waals surface area (Å²) in [5.41, 5.74) is 0. The van der Waals surface area contributed by atoms with Crippen molar-refractivity contribution in [1.29, 1.82) is 0 Å². The number of ether oxygens (including phenoxy) is 1. The molecule has 2 aliphatic rings. The normalized spacial score (nSPS) is 27.2. The second-order valence-corrected chi connectivity index (χ2v) is 8.85. The molecule has 0 aromatic carbocycles. The van der Waals surface area contributed by atoms with Gasteiger partial charge in [0.2, 0.25) is 11.8 Å². The van der Waals surface area contributed by atoms with E-state index in [9.17, 15) is 14.4 Å². The molecule has 0 spiro atoms. The van der Waals surface area contributed by atoms with Gasteiger partial charge in [0.05, 0.1) is 11.9 Å². The Morgan fingerprint density at radius 2 is 1.96 bits per heavy atom. The maximum absolute atomic E-state index is 12.6. The van der Waals surface area contributed by atoms with Crippen LogP contribution in [0.3, 0.4) is 0 Å². The van der Waals surface area contributed by atoms with Crippen molar-refractivity contribution < 1.29 is 24.2 Å². The Bertz CT molecular complexity index is 522. The summed E-state index contributed by atoms with van der Waals surface area (Å²) < 4.78 is 5.18. The quantitative estimate of drug-likeness (QED) is 0.403. The third kappa shape index (κ3) is 6.76. The van der Waals surface area contributed by atoms with Crippen molar-refractivity contribution in [2.75, 3.05) is 32.5 Å². The first kappa shape index (κ1) is 22.2. The van der Waals surface area contributed by atoms with Gasteiger partial charge < -0.3 is 15.2 Å². The van der Waals surface area contributed by atoms with Crippen LogP contribution in [0.1, 0.15) is 45.4 Å². The van der Waals surface area contributed by atoms with E-state index in [2.05, 4.69) is 5.32 Å². The number of imide groups is 1. The molecule has 1 saturated carbocycles. The number of nitrogens with zero attached hydrogens (tertiary/aromatic N) is 1. The van der Waals surface area contributed by atoms with Crippen LogP contribution >= 0.6 is 11.8 Å². The summed E-state index contributed by atoms with van der Waals surface area (Å²) in [7, 11) is 1.98. The number of thioether (sulfide) groups is 1. The molecule has 7 nitrogen and oxygen atoms in total. The molecule has 2 rings (SSSR count). The van der Waals surface area contributed by atoms with Gasteiger partial charge in [-0.25, -0.2) is 4.79 Å². The van der Waals surface area contributed by atoms with Gasteiger partial charge in [-0.3, -0.25) is 14.5 Å². The van der Waals surface area contributed by atoms with Crippen molar-refractivity contribution in [2.45, 2.75) is 56.8 Å². The largest absolute Gasteiger partial charge is 0.479 e. The molecule has 2 atom stereocenters. The summed E-state index contributed by atoms with van der Waals surface area (Å²) in [4.78, 5) is 37.0. The van der Waals surface area contributed by atoms with Crippen molar-refractivity contribution in [2.24, 2.45) is 11.8 Å². The maximum Gasteiger partial charge on any atom is 0.332 e. The predicted molar refractivity (Wildman–Crippen MR) is 105 cm³/mol. The Hall–Kier alpha value is -1.12. The van der Waals surface area contributed by atoms with Crippen LogP contribution in [-0.4, -0.2) is 71.6 Å². The Kier molecular flexibility index (Phi) is 9.05. The summed E-state index contributed by atoms with van der Waals surface area (Å²) in [6, 6.07) is 0. The molecule has 0 bridgehead atoms. The van der Waals surface area contributed by atoms with Gasteiger partial charge in [0.25, 0.3) is 0 Å². The van der Waals surface area contributed by atoms with E-state index in [-0.39, 0.29) is 30.1 Å². The van der Waals surface area contributed by atoms with Crippen LogP contribution in [0.4, 0.5) is 0 Å². The number of aliphatic carboxylic acids is 1. The number of hydrogen-bond donors (Lipinski definition) is 2. The van der Waals surface area contributed by atoms with Crippen LogP contribution in [0, 0.1) is 11.8 Å². The van der Waals surface area contributed by atoms with Crippen molar-refractivity contribution >= 4 is 29.5 Å². The zero-order valence-corrected chi connectivity index (χ0v) is 17.1. The molecule has 1 aliphatic carbocycles. The molecule has 1 saturated heterocycles. The highest BCUT2D eigenvalue weighted by atomic mass is 32.2. The summed E-state index contributed by atoms with van der Waals surface area (Å²) >= 11 is 1.39. The van der Waals surface area contributed by atoms with Crippen molar-refractivity contribution in [3.8, 4) is 0 Å². The zero-order valence-electron chi connectivity index (χ0n) is 16.3. The fourth-order valence-corrected chi connectivity index (χ4v) is 4.78. The highest BCUT2D eigenvalue weighted by Gasteiger charge is 2.40. The lowest BCUT2D eigenvalue weighted by atomic mass is 9.80. The number of amides is 2. The maximum atomic E-state index is 12.6. The highest BCUT2D eigenvalue weighted by Crippen LogP contribution is 2.33. The van der Waals surface area contributed by atoms with Crippen molar-refractivity contribution in [3.63, 3.8) is 0 Å². The summed E-state index contributed by atoms with van der Waals surface area (Å²) in [6.45, 7) is 3.34. The molecule has 0 aromatic rings. The van der Waals surface area contributed by atoms with Gasteiger partial charge in [-0.1, -0.05) is 12.8 Å². The van der Waals surface area contributed by atoms with Gasteiger partial charge in [-0.05, 0) is 51.6 Å². The van der Waals surface area contributed by atoms with E-state index in [1.165, 1.54) is 42.8 Å². The predicted octanol–water partition coefficient (Wildman–Crippen LogP) is 1.75. The van der Waals surface area contributed by atoms with Gasteiger partial charge in [0.1, 0.15) is 0 Å². The van der Waals surface area contributed by atoms with E-state index in [1.54, 1.807) is 0 Å². The number of rotatable bonds is 11. The summed E-state index contributed by atoms with van der Waals surface area (Å²) in [5.74, 6) is 0.524. The Morgan fingerprint density at radius 1 is 1.30 bits per heavy atom. The molecule has 1 heterocycles. The SMILES string of the molecule is CNCCC1CCC(CN2C(=O)CC(SCCO[C@@H](C)C(=O)O)C2=O)CC1. The molecule has 154 valence electrons. The topological polar surface area (TPSA) is 95.9 Å². The number of carboxylic acid groups (broad SMARTS) is 1. The molecule has 1 unspecified atom stereocenters. The monoisotopic (exact) mass is 400 g/mol. The lowest BCUT2D eigenvalue weighted by Gasteiger charge is -2.30. The molecule has 2 fully saturated rings. The zero-order chi connectivity index (χ0) is 19.8. The van der Waals surface area contributed by atoms with Crippen LogP contribution in [-0.2, 0) is 19.1 Å². The molecule has 1 aliphatic heterocycles. The minimum Gasteiger partial charge on any atom is -0.479 e. The minimum absolute atomic E-state index is 0.0744. The van der Waals surface area contributed by atoms with E-state index in [0.29, 0.717) is 18.2 Å². The van der Waals surface area contributed by atoms with E-state index in [1.807, 2.05) is 7.05 Å².